The van der Waals surface area contributed by atoms with Crippen molar-refractivity contribution in [3.8, 4) is 0 Å². The summed E-state index contributed by atoms with van der Waals surface area (Å²) >= 11 is 0. The number of rotatable bonds is 13. The molecule has 0 aromatic heterocycles. The third-order valence-electron chi connectivity index (χ3n) is 3.26. The SMILES string of the molecule is CCCCCCCCCCCCS(=O)(=O)[O-].CCCCO.CCO.O.[Na+]. The number of aliphatic hydroxyl groups excluding tert-OH is 2. The van der Waals surface area contributed by atoms with Crippen molar-refractivity contribution in [2.75, 3.05) is 19.0 Å². The van der Waals surface area contributed by atoms with Crippen molar-refractivity contribution in [3.63, 3.8) is 0 Å². The van der Waals surface area contributed by atoms with E-state index in [4.69, 9.17) is 10.2 Å². The van der Waals surface area contributed by atoms with Crippen LogP contribution in [0, 0.1) is 0 Å². The zero-order chi connectivity index (χ0) is 19.1. The molecule has 0 unspecified atom stereocenters. The van der Waals surface area contributed by atoms with Gasteiger partial charge in [0.25, 0.3) is 0 Å². The van der Waals surface area contributed by atoms with Crippen LogP contribution in [0.5, 0.6) is 0 Å². The van der Waals surface area contributed by atoms with Crippen LogP contribution in [0.1, 0.15) is 97.8 Å². The Hall–Kier alpha value is 0.790. The Morgan fingerprint density at radius 1 is 0.692 bits per heavy atom. The molecule has 0 saturated heterocycles. The maximum atomic E-state index is 10.3. The van der Waals surface area contributed by atoms with Crippen LogP contribution in [0.25, 0.3) is 0 Å². The third kappa shape index (κ3) is 56.3. The number of aliphatic hydroxyl groups is 2. The van der Waals surface area contributed by atoms with Gasteiger partial charge in [0.05, 0.1) is 10.1 Å². The number of hydrogen-bond acceptors (Lipinski definition) is 5. The predicted octanol–water partition coefficient (Wildman–Crippen LogP) is 0.409. The van der Waals surface area contributed by atoms with Crippen LogP contribution in [0.2, 0.25) is 0 Å². The van der Waals surface area contributed by atoms with Gasteiger partial charge in [-0.3, -0.25) is 0 Å². The summed E-state index contributed by atoms with van der Waals surface area (Å²) in [6.45, 7) is 6.54. The fourth-order valence-electron chi connectivity index (χ4n) is 1.92. The summed E-state index contributed by atoms with van der Waals surface area (Å²) in [7, 11) is -3.98. The van der Waals surface area contributed by atoms with Crippen molar-refractivity contribution in [2.45, 2.75) is 97.8 Å². The third-order valence-corrected chi connectivity index (χ3v) is 4.05. The molecule has 0 bridgehead atoms. The van der Waals surface area contributed by atoms with Crippen LogP contribution in [0.15, 0.2) is 0 Å². The Morgan fingerprint density at radius 2 is 1.00 bits per heavy atom. The van der Waals surface area contributed by atoms with E-state index in [9.17, 15) is 13.0 Å². The minimum atomic E-state index is -3.98. The van der Waals surface area contributed by atoms with E-state index in [2.05, 4.69) is 13.8 Å². The van der Waals surface area contributed by atoms with Gasteiger partial charge in [-0.15, -0.1) is 0 Å². The van der Waals surface area contributed by atoms with Gasteiger partial charge in [-0.2, -0.15) is 0 Å². The van der Waals surface area contributed by atoms with E-state index in [1.165, 1.54) is 44.9 Å². The number of unbranched alkanes of at least 4 members (excludes halogenated alkanes) is 10. The van der Waals surface area contributed by atoms with Crippen molar-refractivity contribution >= 4 is 10.1 Å². The summed E-state index contributed by atoms with van der Waals surface area (Å²) in [6, 6.07) is 0. The second kappa shape index (κ2) is 33.4. The molecule has 0 aliphatic heterocycles. The topological polar surface area (TPSA) is 129 Å². The van der Waals surface area contributed by atoms with Crippen LogP contribution in [0.4, 0.5) is 0 Å². The molecule has 0 rings (SSSR count). The molecule has 0 heterocycles. The number of hydrogen-bond donors (Lipinski definition) is 2. The summed E-state index contributed by atoms with van der Waals surface area (Å²) in [5.41, 5.74) is 0. The minimum Gasteiger partial charge on any atom is -0.748 e. The van der Waals surface area contributed by atoms with Crippen molar-refractivity contribution < 1.29 is 58.2 Å². The minimum absolute atomic E-state index is 0. The van der Waals surface area contributed by atoms with Gasteiger partial charge in [-0.1, -0.05) is 78.1 Å². The standard InChI is InChI=1S/C12H26O3S.C4H10O.C2H6O.Na.H2O/c1-2-3-4-5-6-7-8-9-10-11-12-16(13,14)15;1-2-3-4-5;1-2-3;;/h2-12H2,1H3,(H,13,14,15);5H,2-4H2,1H3;3H,2H2,1H3;;1H2/q;;;+1;/p-1. The Bertz CT molecular complexity index is 298. The van der Waals surface area contributed by atoms with Gasteiger partial charge in [0.1, 0.15) is 0 Å². The van der Waals surface area contributed by atoms with Gasteiger partial charge in [-0.25, -0.2) is 8.42 Å². The molecule has 158 valence electrons. The molecule has 0 spiro atoms. The zero-order valence-electron chi connectivity index (χ0n) is 17.6. The van der Waals surface area contributed by atoms with Crippen LogP contribution in [-0.4, -0.2) is 47.6 Å². The predicted molar refractivity (Wildman–Crippen MR) is 105 cm³/mol. The fraction of sp³-hybridized carbons (Fsp3) is 1.00. The van der Waals surface area contributed by atoms with Crippen LogP contribution in [-0.2, 0) is 10.1 Å². The molecule has 4 N–H and O–H groups in total. The van der Waals surface area contributed by atoms with E-state index in [1.807, 2.05) is 0 Å². The molecule has 0 saturated carbocycles. The molecule has 6 nitrogen and oxygen atoms in total. The van der Waals surface area contributed by atoms with Gasteiger partial charge < -0.3 is 20.2 Å². The average Bonchev–Trinajstić information content (AvgIpc) is 2.50. The molecule has 8 heteroatoms. The maximum absolute atomic E-state index is 10.3. The van der Waals surface area contributed by atoms with E-state index >= 15 is 0 Å². The van der Waals surface area contributed by atoms with Gasteiger partial charge in [0.2, 0.25) is 0 Å². The first-order valence-electron chi connectivity index (χ1n) is 9.54. The molecule has 0 aliphatic carbocycles. The van der Waals surface area contributed by atoms with Crippen molar-refractivity contribution in [2.24, 2.45) is 0 Å². The van der Waals surface area contributed by atoms with Gasteiger partial charge in [0, 0.05) is 19.0 Å². The molecule has 0 aromatic rings. The quantitative estimate of drug-likeness (QED) is 0.258. The summed E-state index contributed by atoms with van der Waals surface area (Å²) in [6.07, 6.45) is 13.5. The van der Waals surface area contributed by atoms with Crippen LogP contribution < -0.4 is 29.6 Å². The molecule has 0 aliphatic rings. The summed E-state index contributed by atoms with van der Waals surface area (Å²) < 4.78 is 30.9. The van der Waals surface area contributed by atoms with E-state index in [0.717, 1.165) is 25.7 Å². The molecule has 0 amide bonds. The van der Waals surface area contributed by atoms with Gasteiger partial charge in [0.15, 0.2) is 0 Å². The first kappa shape index (κ1) is 37.5. The largest absolute Gasteiger partial charge is 1.00 e. The second-order valence-electron chi connectivity index (χ2n) is 5.84. The molecule has 0 atom stereocenters. The van der Waals surface area contributed by atoms with E-state index in [0.29, 0.717) is 13.0 Å². The average molecular weight is 411 g/mol. The van der Waals surface area contributed by atoms with E-state index < -0.39 is 10.1 Å². The van der Waals surface area contributed by atoms with Crippen LogP contribution >= 0.6 is 0 Å². The Balaban J connectivity index is -0.000000124. The van der Waals surface area contributed by atoms with Crippen molar-refractivity contribution in [3.05, 3.63) is 0 Å². The Kier molecular flexibility index (Phi) is 48.2. The summed E-state index contributed by atoms with van der Waals surface area (Å²) in [5.74, 6) is -0.191. The van der Waals surface area contributed by atoms with Gasteiger partial charge in [-0.05, 0) is 19.8 Å². The molecule has 26 heavy (non-hydrogen) atoms. The van der Waals surface area contributed by atoms with Crippen molar-refractivity contribution in [1.29, 1.82) is 0 Å². The summed E-state index contributed by atoms with van der Waals surface area (Å²) in [5, 5.41) is 15.6. The monoisotopic (exact) mass is 410 g/mol. The summed E-state index contributed by atoms with van der Waals surface area (Å²) in [4.78, 5) is 0. The smallest absolute Gasteiger partial charge is 0.748 e. The van der Waals surface area contributed by atoms with Gasteiger partial charge >= 0.3 is 29.6 Å². The second-order valence-corrected chi connectivity index (χ2v) is 7.36. The molecule has 0 fully saturated rings. The molecular formula is C18H43NaO6S. The van der Waals surface area contributed by atoms with E-state index in [1.54, 1.807) is 6.92 Å². The first-order valence-corrected chi connectivity index (χ1v) is 11.1. The Labute approximate surface area is 184 Å². The normalized spacial score (nSPS) is 9.62. The fourth-order valence-corrected chi connectivity index (χ4v) is 2.48. The Morgan fingerprint density at radius 3 is 1.23 bits per heavy atom. The molecular weight excluding hydrogens is 367 g/mol. The first-order chi connectivity index (χ1) is 11.4. The molecule has 0 radical (unpaired) electrons. The maximum Gasteiger partial charge on any atom is 1.00 e. The molecule has 0 aromatic carbocycles. The zero-order valence-corrected chi connectivity index (χ0v) is 20.5. The van der Waals surface area contributed by atoms with Crippen molar-refractivity contribution in [1.82, 2.24) is 0 Å². The van der Waals surface area contributed by atoms with E-state index in [-0.39, 0.29) is 47.4 Å². The van der Waals surface area contributed by atoms with Crippen LogP contribution in [0.3, 0.4) is 0 Å².